The Kier molecular flexibility index (Phi) is 4.99. The van der Waals surface area contributed by atoms with E-state index in [2.05, 4.69) is 5.32 Å². The van der Waals surface area contributed by atoms with Gasteiger partial charge in [-0.3, -0.25) is 0 Å². The lowest BCUT2D eigenvalue weighted by atomic mass is 10.1. The molecular formula is C13H17F4N. The number of benzene rings is 1. The Hall–Kier alpha value is -1.26. The van der Waals surface area contributed by atoms with Crippen LogP contribution in [-0.4, -0.2) is 6.04 Å². The molecule has 0 fully saturated rings. The van der Waals surface area contributed by atoms with Crippen LogP contribution in [-0.2, 0) is 6.18 Å². The van der Waals surface area contributed by atoms with Crippen LogP contribution < -0.4 is 5.32 Å². The van der Waals surface area contributed by atoms with E-state index in [-0.39, 0.29) is 6.04 Å². The number of halogens is 4. The van der Waals surface area contributed by atoms with Gasteiger partial charge in [0.2, 0.25) is 0 Å². The summed E-state index contributed by atoms with van der Waals surface area (Å²) in [5.41, 5.74) is -0.928. The molecule has 18 heavy (non-hydrogen) atoms. The van der Waals surface area contributed by atoms with Gasteiger partial charge < -0.3 is 5.32 Å². The minimum Gasteiger partial charge on any atom is -0.383 e. The molecule has 0 aromatic heterocycles. The molecule has 1 N–H and O–H groups in total. The molecule has 1 aromatic carbocycles. The van der Waals surface area contributed by atoms with Gasteiger partial charge in [0.05, 0.1) is 5.56 Å². The van der Waals surface area contributed by atoms with Crippen LogP contribution in [0.4, 0.5) is 23.2 Å². The molecule has 102 valence electrons. The second-order valence-electron chi connectivity index (χ2n) is 4.38. The van der Waals surface area contributed by atoms with Crippen LogP contribution >= 0.6 is 0 Å². The highest BCUT2D eigenvalue weighted by Gasteiger charge is 2.34. The molecule has 0 spiro atoms. The zero-order valence-corrected chi connectivity index (χ0v) is 10.4. The maximum atomic E-state index is 13.1. The van der Waals surface area contributed by atoms with Crippen molar-refractivity contribution in [3.63, 3.8) is 0 Å². The van der Waals surface area contributed by atoms with Crippen LogP contribution in [0.25, 0.3) is 0 Å². The van der Waals surface area contributed by atoms with Crippen LogP contribution in [0.3, 0.4) is 0 Å². The predicted molar refractivity (Wildman–Crippen MR) is 64.0 cm³/mol. The second-order valence-corrected chi connectivity index (χ2v) is 4.38. The summed E-state index contributed by atoms with van der Waals surface area (Å²) < 4.78 is 50.6. The van der Waals surface area contributed by atoms with Crippen LogP contribution in [0.2, 0.25) is 0 Å². The first-order valence-corrected chi connectivity index (χ1v) is 5.98. The number of hydrogen-bond acceptors (Lipinski definition) is 1. The van der Waals surface area contributed by atoms with E-state index < -0.39 is 17.6 Å². The van der Waals surface area contributed by atoms with Crippen molar-refractivity contribution < 1.29 is 17.6 Å². The summed E-state index contributed by atoms with van der Waals surface area (Å²) in [4.78, 5) is 0. The summed E-state index contributed by atoms with van der Waals surface area (Å²) in [5, 5.41) is 2.95. The van der Waals surface area contributed by atoms with E-state index in [0.717, 1.165) is 31.4 Å². The maximum absolute atomic E-state index is 13.1. The van der Waals surface area contributed by atoms with Crippen molar-refractivity contribution in [2.24, 2.45) is 0 Å². The molecule has 0 aliphatic heterocycles. The molecule has 1 aromatic rings. The lowest BCUT2D eigenvalue weighted by Gasteiger charge is -2.16. The quantitative estimate of drug-likeness (QED) is 0.750. The Balaban J connectivity index is 2.79. The van der Waals surface area contributed by atoms with Crippen LogP contribution in [0, 0.1) is 5.82 Å². The maximum Gasteiger partial charge on any atom is 0.419 e. The Morgan fingerprint density at radius 3 is 2.50 bits per heavy atom. The summed E-state index contributed by atoms with van der Waals surface area (Å²) in [6, 6.07) is 3.05. The third-order valence-corrected chi connectivity index (χ3v) is 2.68. The third kappa shape index (κ3) is 4.20. The van der Waals surface area contributed by atoms with E-state index >= 15 is 0 Å². The van der Waals surface area contributed by atoms with E-state index in [1.807, 2.05) is 13.8 Å². The van der Waals surface area contributed by atoms with Crippen molar-refractivity contribution in [1.82, 2.24) is 0 Å². The van der Waals surface area contributed by atoms with Gasteiger partial charge in [0.25, 0.3) is 0 Å². The Morgan fingerprint density at radius 1 is 1.28 bits per heavy atom. The van der Waals surface area contributed by atoms with Crippen molar-refractivity contribution in [3.8, 4) is 0 Å². The molecule has 5 heteroatoms. The zero-order chi connectivity index (χ0) is 13.8. The van der Waals surface area contributed by atoms with Crippen LogP contribution in [0.15, 0.2) is 18.2 Å². The number of anilines is 1. The molecule has 0 radical (unpaired) electrons. The molecule has 0 amide bonds. The van der Waals surface area contributed by atoms with Crippen molar-refractivity contribution in [1.29, 1.82) is 0 Å². The molecule has 0 aliphatic carbocycles. The molecule has 0 heterocycles. The van der Waals surface area contributed by atoms with Crippen molar-refractivity contribution in [2.45, 2.75) is 45.3 Å². The highest BCUT2D eigenvalue weighted by molar-refractivity contribution is 5.47. The molecule has 1 nitrogen and oxygen atoms in total. The molecule has 0 saturated carbocycles. The summed E-state index contributed by atoms with van der Waals surface area (Å²) >= 11 is 0. The van der Waals surface area contributed by atoms with E-state index in [0.29, 0.717) is 5.69 Å². The summed E-state index contributed by atoms with van der Waals surface area (Å²) in [6.45, 7) is 3.94. The summed E-state index contributed by atoms with van der Waals surface area (Å²) in [7, 11) is 0. The van der Waals surface area contributed by atoms with Crippen LogP contribution in [0.5, 0.6) is 0 Å². The van der Waals surface area contributed by atoms with Gasteiger partial charge in [-0.1, -0.05) is 19.8 Å². The van der Waals surface area contributed by atoms with Crippen molar-refractivity contribution in [2.75, 3.05) is 5.32 Å². The number of rotatable bonds is 5. The molecule has 0 aliphatic rings. The van der Waals surface area contributed by atoms with Gasteiger partial charge in [-0.25, -0.2) is 4.39 Å². The summed E-state index contributed by atoms with van der Waals surface area (Å²) in [6.07, 6.45) is -1.76. The largest absolute Gasteiger partial charge is 0.419 e. The fourth-order valence-electron chi connectivity index (χ4n) is 1.70. The van der Waals surface area contributed by atoms with Gasteiger partial charge >= 0.3 is 6.18 Å². The number of hydrogen-bond donors (Lipinski definition) is 1. The Labute approximate surface area is 104 Å². The minimum atomic E-state index is -4.66. The number of alkyl halides is 3. The molecular weight excluding hydrogens is 246 g/mol. The van der Waals surface area contributed by atoms with E-state index in [9.17, 15) is 17.6 Å². The Morgan fingerprint density at radius 2 is 1.94 bits per heavy atom. The summed E-state index contributed by atoms with van der Waals surface area (Å²) in [5.74, 6) is -1.24. The first-order chi connectivity index (χ1) is 8.34. The van der Waals surface area contributed by atoms with Gasteiger partial charge in [0.15, 0.2) is 0 Å². The van der Waals surface area contributed by atoms with Gasteiger partial charge in [0, 0.05) is 11.7 Å². The molecule has 0 bridgehead atoms. The molecule has 1 rings (SSSR count). The highest BCUT2D eigenvalue weighted by atomic mass is 19.4. The lowest BCUT2D eigenvalue weighted by Crippen LogP contribution is -2.16. The number of nitrogens with one attached hydrogen (secondary N) is 1. The fourth-order valence-corrected chi connectivity index (χ4v) is 1.70. The van der Waals surface area contributed by atoms with Crippen LogP contribution in [0.1, 0.15) is 38.7 Å². The molecule has 1 unspecified atom stereocenters. The average molecular weight is 263 g/mol. The normalized spacial score (nSPS) is 13.4. The van der Waals surface area contributed by atoms with Gasteiger partial charge in [0.1, 0.15) is 5.82 Å². The zero-order valence-electron chi connectivity index (χ0n) is 10.4. The third-order valence-electron chi connectivity index (χ3n) is 2.68. The van der Waals surface area contributed by atoms with Crippen molar-refractivity contribution in [3.05, 3.63) is 29.6 Å². The van der Waals surface area contributed by atoms with Gasteiger partial charge in [-0.15, -0.1) is 0 Å². The smallest absolute Gasteiger partial charge is 0.383 e. The first-order valence-electron chi connectivity index (χ1n) is 5.98. The lowest BCUT2D eigenvalue weighted by molar-refractivity contribution is -0.139. The van der Waals surface area contributed by atoms with E-state index in [1.165, 1.54) is 6.07 Å². The monoisotopic (exact) mass is 263 g/mol. The van der Waals surface area contributed by atoms with Crippen molar-refractivity contribution >= 4 is 5.69 Å². The average Bonchev–Trinajstić information content (AvgIpc) is 2.27. The first kappa shape index (κ1) is 14.8. The van der Waals surface area contributed by atoms with Gasteiger partial charge in [-0.2, -0.15) is 13.2 Å². The molecule has 1 atom stereocenters. The second kappa shape index (κ2) is 6.07. The Bertz CT molecular complexity index is 387. The standard InChI is InChI=1S/C13H17F4N/c1-3-4-5-9(2)18-10-6-7-12(14)11(8-10)13(15,16)17/h6-9,18H,3-5H2,1-2H3. The fraction of sp³-hybridized carbons (Fsp3) is 0.538. The van der Waals surface area contributed by atoms with Gasteiger partial charge in [-0.05, 0) is 31.5 Å². The molecule has 0 saturated heterocycles. The van der Waals surface area contributed by atoms with E-state index in [4.69, 9.17) is 0 Å². The van der Waals surface area contributed by atoms with E-state index in [1.54, 1.807) is 0 Å². The predicted octanol–water partition coefficient (Wildman–Crippen LogP) is 4.84. The topological polar surface area (TPSA) is 12.0 Å². The highest BCUT2D eigenvalue weighted by Crippen LogP contribution is 2.33. The number of unbranched alkanes of at least 4 members (excludes halogenated alkanes) is 1. The minimum absolute atomic E-state index is 0.0662. The SMILES string of the molecule is CCCCC(C)Nc1ccc(F)c(C(F)(F)F)c1.